The Morgan fingerprint density at radius 1 is 1.21 bits per heavy atom. The summed E-state index contributed by atoms with van der Waals surface area (Å²) >= 11 is 0. The highest BCUT2D eigenvalue weighted by Gasteiger charge is 2.32. The maximum atomic E-state index is 12.3. The molecular formula is C16H32N2O. The molecule has 3 nitrogen and oxygen atoms in total. The van der Waals surface area contributed by atoms with Crippen molar-refractivity contribution < 1.29 is 4.79 Å². The van der Waals surface area contributed by atoms with Crippen LogP contribution in [-0.2, 0) is 4.79 Å². The number of carbonyl (C=O) groups is 1. The molecule has 0 aromatic heterocycles. The molecule has 0 bridgehead atoms. The Kier molecular flexibility index (Phi) is 6.31. The molecule has 0 radical (unpaired) electrons. The van der Waals surface area contributed by atoms with Gasteiger partial charge >= 0.3 is 0 Å². The van der Waals surface area contributed by atoms with E-state index in [9.17, 15) is 4.79 Å². The zero-order valence-corrected chi connectivity index (χ0v) is 13.3. The highest BCUT2D eigenvalue weighted by molar-refractivity contribution is 5.79. The van der Waals surface area contributed by atoms with Gasteiger partial charge in [-0.1, -0.05) is 41.0 Å². The SMILES string of the molecule is CC(C)C(CNC(=O)C1CCCC(N)C1C)C(C)C. The van der Waals surface area contributed by atoms with E-state index in [2.05, 4.69) is 39.9 Å². The van der Waals surface area contributed by atoms with Crippen molar-refractivity contribution in [2.75, 3.05) is 6.54 Å². The molecule has 1 saturated carbocycles. The molecule has 0 aromatic rings. The van der Waals surface area contributed by atoms with Crippen molar-refractivity contribution >= 4 is 5.91 Å². The van der Waals surface area contributed by atoms with E-state index in [0.717, 1.165) is 25.8 Å². The normalized spacial score (nSPS) is 28.2. The third-order valence-electron chi connectivity index (χ3n) is 4.92. The topological polar surface area (TPSA) is 55.1 Å². The highest BCUT2D eigenvalue weighted by Crippen LogP contribution is 2.29. The first kappa shape index (κ1) is 16.5. The molecule has 3 atom stereocenters. The van der Waals surface area contributed by atoms with Gasteiger partial charge in [0.1, 0.15) is 0 Å². The van der Waals surface area contributed by atoms with Crippen LogP contribution in [0.1, 0.15) is 53.9 Å². The van der Waals surface area contributed by atoms with Crippen LogP contribution in [0, 0.1) is 29.6 Å². The number of nitrogens with two attached hydrogens (primary N) is 1. The molecule has 0 saturated heterocycles. The minimum absolute atomic E-state index is 0.115. The molecule has 0 aromatic carbocycles. The first-order valence-corrected chi connectivity index (χ1v) is 7.87. The lowest BCUT2D eigenvalue weighted by atomic mass is 9.76. The van der Waals surface area contributed by atoms with Gasteiger partial charge in [0.15, 0.2) is 0 Å². The molecule has 3 N–H and O–H groups in total. The molecule has 0 aliphatic heterocycles. The summed E-state index contributed by atoms with van der Waals surface area (Å²) in [5, 5.41) is 3.17. The van der Waals surface area contributed by atoms with E-state index in [4.69, 9.17) is 5.73 Å². The van der Waals surface area contributed by atoms with E-state index in [-0.39, 0.29) is 17.9 Å². The summed E-state index contributed by atoms with van der Waals surface area (Å²) in [6, 6.07) is 0.190. The van der Waals surface area contributed by atoms with Gasteiger partial charge in [0.2, 0.25) is 5.91 Å². The predicted molar refractivity (Wildman–Crippen MR) is 80.7 cm³/mol. The fourth-order valence-electron chi connectivity index (χ4n) is 3.36. The second-order valence-electron chi connectivity index (χ2n) is 6.96. The van der Waals surface area contributed by atoms with Crippen LogP contribution >= 0.6 is 0 Å². The standard InChI is InChI=1S/C16H32N2O/c1-10(2)14(11(3)4)9-18-16(19)13-7-6-8-15(17)12(13)5/h10-15H,6-9,17H2,1-5H3,(H,18,19). The number of hydrogen-bond donors (Lipinski definition) is 2. The summed E-state index contributed by atoms with van der Waals surface area (Å²) in [4.78, 5) is 12.3. The van der Waals surface area contributed by atoms with E-state index in [1.165, 1.54) is 0 Å². The zero-order valence-electron chi connectivity index (χ0n) is 13.3. The maximum absolute atomic E-state index is 12.3. The molecule has 1 aliphatic rings. The van der Waals surface area contributed by atoms with E-state index in [1.54, 1.807) is 0 Å². The average molecular weight is 268 g/mol. The van der Waals surface area contributed by atoms with Crippen LogP contribution in [0.2, 0.25) is 0 Å². The Balaban J connectivity index is 2.50. The van der Waals surface area contributed by atoms with Crippen LogP contribution in [0.25, 0.3) is 0 Å². The second kappa shape index (κ2) is 7.28. The van der Waals surface area contributed by atoms with Gasteiger partial charge in [0.05, 0.1) is 0 Å². The maximum Gasteiger partial charge on any atom is 0.223 e. The Labute approximate surface area is 118 Å². The van der Waals surface area contributed by atoms with E-state index in [0.29, 0.717) is 23.7 Å². The lowest BCUT2D eigenvalue weighted by Gasteiger charge is -2.33. The second-order valence-corrected chi connectivity index (χ2v) is 6.96. The van der Waals surface area contributed by atoms with Crippen molar-refractivity contribution in [3.63, 3.8) is 0 Å². The summed E-state index contributed by atoms with van der Waals surface area (Å²) in [6.45, 7) is 11.8. The van der Waals surface area contributed by atoms with Crippen molar-refractivity contribution in [3.05, 3.63) is 0 Å². The number of hydrogen-bond acceptors (Lipinski definition) is 2. The zero-order chi connectivity index (χ0) is 14.6. The van der Waals surface area contributed by atoms with Crippen molar-refractivity contribution in [1.29, 1.82) is 0 Å². The van der Waals surface area contributed by atoms with Gasteiger partial charge in [-0.15, -0.1) is 0 Å². The van der Waals surface area contributed by atoms with E-state index < -0.39 is 0 Å². The molecule has 1 fully saturated rings. The summed E-state index contributed by atoms with van der Waals surface area (Å²) in [5.41, 5.74) is 6.08. The van der Waals surface area contributed by atoms with Crippen molar-refractivity contribution in [1.82, 2.24) is 5.32 Å². The van der Waals surface area contributed by atoms with Crippen molar-refractivity contribution in [3.8, 4) is 0 Å². The van der Waals surface area contributed by atoms with Crippen LogP contribution in [-0.4, -0.2) is 18.5 Å². The molecule has 1 rings (SSSR count). The third-order valence-corrected chi connectivity index (χ3v) is 4.92. The number of rotatable bonds is 5. The minimum Gasteiger partial charge on any atom is -0.356 e. The Hall–Kier alpha value is -0.570. The molecule has 3 unspecified atom stereocenters. The smallest absolute Gasteiger partial charge is 0.223 e. The Morgan fingerprint density at radius 2 is 1.79 bits per heavy atom. The first-order valence-electron chi connectivity index (χ1n) is 7.87. The molecule has 0 heterocycles. The minimum atomic E-state index is 0.115. The first-order chi connectivity index (χ1) is 8.84. The van der Waals surface area contributed by atoms with Gasteiger partial charge in [-0.2, -0.15) is 0 Å². The molecule has 112 valence electrons. The summed E-state index contributed by atoms with van der Waals surface area (Å²) < 4.78 is 0. The fourth-order valence-corrected chi connectivity index (χ4v) is 3.36. The Morgan fingerprint density at radius 3 is 2.32 bits per heavy atom. The number of nitrogens with one attached hydrogen (secondary N) is 1. The van der Waals surface area contributed by atoms with Crippen LogP contribution in [0.15, 0.2) is 0 Å². The van der Waals surface area contributed by atoms with Gasteiger partial charge in [0, 0.05) is 18.5 Å². The summed E-state index contributed by atoms with van der Waals surface area (Å²) in [6.07, 6.45) is 3.14. The molecule has 1 aliphatic carbocycles. The number of carbonyl (C=O) groups excluding carboxylic acids is 1. The van der Waals surface area contributed by atoms with Gasteiger partial charge in [-0.3, -0.25) is 4.79 Å². The summed E-state index contributed by atoms with van der Waals surface area (Å²) in [7, 11) is 0. The van der Waals surface area contributed by atoms with Crippen LogP contribution in [0.4, 0.5) is 0 Å². The van der Waals surface area contributed by atoms with Gasteiger partial charge in [-0.05, 0) is 36.5 Å². The predicted octanol–water partition coefficient (Wildman–Crippen LogP) is 2.79. The monoisotopic (exact) mass is 268 g/mol. The molecule has 1 amide bonds. The fraction of sp³-hybridized carbons (Fsp3) is 0.938. The van der Waals surface area contributed by atoms with Gasteiger partial charge in [-0.25, -0.2) is 0 Å². The molecule has 3 heteroatoms. The molecule has 19 heavy (non-hydrogen) atoms. The average Bonchev–Trinajstić information content (AvgIpc) is 2.31. The van der Waals surface area contributed by atoms with Crippen LogP contribution in [0.3, 0.4) is 0 Å². The van der Waals surface area contributed by atoms with Crippen molar-refractivity contribution in [2.45, 2.75) is 59.9 Å². The largest absolute Gasteiger partial charge is 0.356 e. The highest BCUT2D eigenvalue weighted by atomic mass is 16.1. The summed E-state index contributed by atoms with van der Waals surface area (Å²) in [5.74, 6) is 2.40. The quantitative estimate of drug-likeness (QED) is 0.805. The van der Waals surface area contributed by atoms with E-state index in [1.807, 2.05) is 0 Å². The lowest BCUT2D eigenvalue weighted by Crippen LogP contribution is -2.45. The molecular weight excluding hydrogens is 236 g/mol. The van der Waals surface area contributed by atoms with Crippen molar-refractivity contribution in [2.24, 2.45) is 35.3 Å². The van der Waals surface area contributed by atoms with Gasteiger partial charge in [0.25, 0.3) is 0 Å². The van der Waals surface area contributed by atoms with Crippen LogP contribution in [0.5, 0.6) is 0 Å². The van der Waals surface area contributed by atoms with Gasteiger partial charge < -0.3 is 11.1 Å². The Bertz CT molecular complexity index is 280. The lowest BCUT2D eigenvalue weighted by molar-refractivity contribution is -0.128. The molecule has 0 spiro atoms. The number of amides is 1. The van der Waals surface area contributed by atoms with Crippen LogP contribution < -0.4 is 11.1 Å². The third kappa shape index (κ3) is 4.48. The van der Waals surface area contributed by atoms with E-state index >= 15 is 0 Å².